The second kappa shape index (κ2) is 6.81. The van der Waals surface area contributed by atoms with Crippen molar-refractivity contribution in [1.29, 1.82) is 0 Å². The Morgan fingerprint density at radius 2 is 1.83 bits per heavy atom. The van der Waals surface area contributed by atoms with Crippen LogP contribution in [-0.2, 0) is 9.59 Å². The number of rotatable bonds is 5. The minimum atomic E-state index is -0.608. The summed E-state index contributed by atoms with van der Waals surface area (Å²) in [4.78, 5) is 39.2. The average Bonchev–Trinajstić information content (AvgIpc) is 2.70. The molecule has 0 radical (unpaired) electrons. The van der Waals surface area contributed by atoms with Gasteiger partial charge in [-0.15, -0.1) is 0 Å². The minimum absolute atomic E-state index is 0.239. The Labute approximate surface area is 136 Å². The van der Waals surface area contributed by atoms with Crippen LogP contribution in [0, 0.1) is 12.8 Å². The fourth-order valence-electron chi connectivity index (χ4n) is 2.43. The lowest BCUT2D eigenvalue weighted by Gasteiger charge is -2.19. The third kappa shape index (κ3) is 3.70. The van der Waals surface area contributed by atoms with Crippen LogP contribution in [0.1, 0.15) is 26.3 Å². The Bertz CT molecular complexity index is 610. The van der Waals surface area contributed by atoms with Crippen LogP contribution in [-0.4, -0.2) is 41.9 Å². The molecule has 23 heavy (non-hydrogen) atoms. The highest BCUT2D eigenvalue weighted by Gasteiger charge is 2.43. The number of urea groups is 1. The van der Waals surface area contributed by atoms with Gasteiger partial charge < -0.3 is 5.32 Å². The van der Waals surface area contributed by atoms with Gasteiger partial charge in [0, 0.05) is 12.2 Å². The first kappa shape index (κ1) is 17.0. The zero-order chi connectivity index (χ0) is 17.1. The van der Waals surface area contributed by atoms with E-state index < -0.39 is 12.1 Å². The van der Waals surface area contributed by atoms with Gasteiger partial charge in [0.25, 0.3) is 5.91 Å². The Kier molecular flexibility index (Phi) is 5.03. The van der Waals surface area contributed by atoms with Crippen LogP contribution in [0.5, 0.6) is 0 Å². The molecular formula is C17H23N3O3. The Morgan fingerprint density at radius 1 is 1.22 bits per heavy atom. The smallest absolute Gasteiger partial charge is 0.332 e. The van der Waals surface area contributed by atoms with Crippen molar-refractivity contribution in [2.24, 2.45) is 5.92 Å². The highest BCUT2D eigenvalue weighted by atomic mass is 16.2. The molecule has 1 unspecified atom stereocenters. The van der Waals surface area contributed by atoms with Crippen LogP contribution < -0.4 is 10.2 Å². The molecule has 0 saturated carbocycles. The molecule has 0 aromatic heterocycles. The number of anilines is 1. The highest BCUT2D eigenvalue weighted by molar-refractivity contribution is 6.15. The van der Waals surface area contributed by atoms with Gasteiger partial charge in [0.05, 0.1) is 0 Å². The quantitative estimate of drug-likeness (QED) is 0.844. The number of carbonyl (C=O) groups is 3. The van der Waals surface area contributed by atoms with Gasteiger partial charge in [0.15, 0.2) is 0 Å². The van der Waals surface area contributed by atoms with Gasteiger partial charge in [0.2, 0.25) is 5.91 Å². The number of nitrogens with one attached hydrogen (secondary N) is 1. The number of aryl methyl sites for hydroxylation is 1. The molecule has 0 spiro atoms. The predicted octanol–water partition coefficient (Wildman–Crippen LogP) is 1.92. The molecule has 2 rings (SSSR count). The maximum absolute atomic E-state index is 12.5. The van der Waals surface area contributed by atoms with Crippen molar-refractivity contribution in [2.45, 2.75) is 33.7 Å². The third-order valence-corrected chi connectivity index (χ3v) is 3.77. The number of nitrogens with zero attached hydrogens (tertiary/aromatic N) is 2. The van der Waals surface area contributed by atoms with Crippen molar-refractivity contribution in [3.63, 3.8) is 0 Å². The van der Waals surface area contributed by atoms with Crippen molar-refractivity contribution < 1.29 is 14.4 Å². The topological polar surface area (TPSA) is 69.7 Å². The van der Waals surface area contributed by atoms with E-state index in [4.69, 9.17) is 0 Å². The van der Waals surface area contributed by atoms with Crippen LogP contribution >= 0.6 is 0 Å². The number of benzene rings is 1. The Balaban J connectivity index is 2.11. The zero-order valence-corrected chi connectivity index (χ0v) is 14.0. The average molecular weight is 317 g/mol. The molecule has 6 nitrogen and oxygen atoms in total. The molecule has 1 aromatic rings. The van der Waals surface area contributed by atoms with Gasteiger partial charge in [-0.05, 0) is 31.9 Å². The summed E-state index contributed by atoms with van der Waals surface area (Å²) in [6, 6.07) is 6.32. The summed E-state index contributed by atoms with van der Waals surface area (Å²) in [7, 11) is 0. The molecule has 124 valence electrons. The molecule has 1 fully saturated rings. The van der Waals surface area contributed by atoms with Crippen molar-refractivity contribution in [2.75, 3.05) is 18.0 Å². The number of carbonyl (C=O) groups excluding carboxylic acids is 3. The molecule has 6 heteroatoms. The fraction of sp³-hybridized carbons (Fsp3) is 0.471. The number of imide groups is 1. The lowest BCUT2D eigenvalue weighted by molar-refractivity contribution is -0.131. The van der Waals surface area contributed by atoms with E-state index >= 15 is 0 Å². The van der Waals surface area contributed by atoms with E-state index in [1.807, 2.05) is 32.9 Å². The Hall–Kier alpha value is -2.37. The van der Waals surface area contributed by atoms with Crippen molar-refractivity contribution in [1.82, 2.24) is 10.2 Å². The molecule has 1 N–H and O–H groups in total. The first-order chi connectivity index (χ1) is 10.8. The maximum Gasteiger partial charge on any atom is 0.332 e. The summed E-state index contributed by atoms with van der Waals surface area (Å²) in [5, 5.41) is 2.72. The van der Waals surface area contributed by atoms with Crippen LogP contribution in [0.15, 0.2) is 24.3 Å². The fourth-order valence-corrected chi connectivity index (χ4v) is 2.43. The largest absolute Gasteiger partial charge is 0.354 e. The number of hydrogen-bond donors (Lipinski definition) is 1. The van der Waals surface area contributed by atoms with Gasteiger partial charge in [-0.1, -0.05) is 31.5 Å². The molecule has 1 heterocycles. The summed E-state index contributed by atoms with van der Waals surface area (Å²) in [6.45, 7) is 7.87. The predicted molar refractivity (Wildman–Crippen MR) is 88.1 cm³/mol. The van der Waals surface area contributed by atoms with Crippen LogP contribution in [0.4, 0.5) is 10.5 Å². The first-order valence-corrected chi connectivity index (χ1v) is 7.79. The van der Waals surface area contributed by atoms with E-state index in [9.17, 15) is 14.4 Å². The van der Waals surface area contributed by atoms with Crippen molar-refractivity contribution >= 4 is 23.5 Å². The summed E-state index contributed by atoms with van der Waals surface area (Å²) in [5.41, 5.74) is 1.73. The molecule has 0 aliphatic carbocycles. The lowest BCUT2D eigenvalue weighted by Crippen LogP contribution is -2.42. The van der Waals surface area contributed by atoms with Gasteiger partial charge in [-0.3, -0.25) is 19.4 Å². The van der Waals surface area contributed by atoms with E-state index in [-0.39, 0.29) is 18.4 Å². The van der Waals surface area contributed by atoms with Gasteiger partial charge in [0.1, 0.15) is 12.6 Å². The maximum atomic E-state index is 12.5. The monoisotopic (exact) mass is 317 g/mol. The third-order valence-electron chi connectivity index (χ3n) is 3.77. The number of hydrogen-bond acceptors (Lipinski definition) is 3. The van der Waals surface area contributed by atoms with E-state index in [0.29, 0.717) is 18.2 Å². The molecule has 1 aliphatic rings. The molecular weight excluding hydrogens is 294 g/mol. The summed E-state index contributed by atoms with van der Waals surface area (Å²) < 4.78 is 0. The van der Waals surface area contributed by atoms with E-state index in [1.54, 1.807) is 19.1 Å². The van der Waals surface area contributed by atoms with Crippen molar-refractivity contribution in [3.8, 4) is 0 Å². The molecule has 1 aliphatic heterocycles. The molecule has 1 aromatic carbocycles. The molecule has 4 amide bonds. The van der Waals surface area contributed by atoms with Gasteiger partial charge in [-0.25, -0.2) is 4.79 Å². The van der Waals surface area contributed by atoms with Gasteiger partial charge in [-0.2, -0.15) is 0 Å². The lowest BCUT2D eigenvalue weighted by atomic mass is 10.2. The van der Waals surface area contributed by atoms with Crippen LogP contribution in [0.2, 0.25) is 0 Å². The SMILES string of the molecule is Cc1ccc(N2C(=O)N(CC(=O)NCC(C)C)C(=O)C2C)cc1. The summed E-state index contributed by atoms with van der Waals surface area (Å²) >= 11 is 0. The van der Waals surface area contributed by atoms with E-state index in [0.717, 1.165) is 10.5 Å². The van der Waals surface area contributed by atoms with Crippen LogP contribution in [0.25, 0.3) is 0 Å². The zero-order valence-electron chi connectivity index (χ0n) is 14.0. The second-order valence-electron chi connectivity index (χ2n) is 6.29. The summed E-state index contributed by atoms with van der Waals surface area (Å²) in [6.07, 6.45) is 0. The summed E-state index contributed by atoms with van der Waals surface area (Å²) in [5.74, 6) is -0.361. The minimum Gasteiger partial charge on any atom is -0.354 e. The number of amides is 4. The molecule has 1 saturated heterocycles. The second-order valence-corrected chi connectivity index (χ2v) is 6.29. The standard InChI is InChI=1S/C17H23N3O3/c1-11(2)9-18-15(21)10-19-16(22)13(4)20(17(19)23)14-7-5-12(3)6-8-14/h5-8,11,13H,9-10H2,1-4H3,(H,18,21). The Morgan fingerprint density at radius 3 is 2.39 bits per heavy atom. The highest BCUT2D eigenvalue weighted by Crippen LogP contribution is 2.25. The van der Waals surface area contributed by atoms with E-state index in [2.05, 4.69) is 5.32 Å². The normalized spacial score (nSPS) is 18.0. The molecule has 1 atom stereocenters. The van der Waals surface area contributed by atoms with Gasteiger partial charge >= 0.3 is 6.03 Å². The first-order valence-electron chi connectivity index (χ1n) is 7.79. The molecule has 0 bridgehead atoms. The van der Waals surface area contributed by atoms with Crippen molar-refractivity contribution in [3.05, 3.63) is 29.8 Å². The van der Waals surface area contributed by atoms with Crippen LogP contribution in [0.3, 0.4) is 0 Å². The van der Waals surface area contributed by atoms with E-state index in [1.165, 1.54) is 4.90 Å².